The second-order valence-corrected chi connectivity index (χ2v) is 4.89. The molecule has 19 heavy (non-hydrogen) atoms. The molecule has 0 aliphatic carbocycles. The molecule has 2 atom stereocenters. The summed E-state index contributed by atoms with van der Waals surface area (Å²) >= 11 is 0. The molecule has 0 fully saturated rings. The Morgan fingerprint density at radius 1 is 1.37 bits per heavy atom. The van der Waals surface area contributed by atoms with Gasteiger partial charge in [-0.05, 0) is 31.9 Å². The molecular weight excluding hydrogens is 238 g/mol. The van der Waals surface area contributed by atoms with Crippen molar-refractivity contribution in [1.29, 1.82) is 0 Å². The number of nitrogens with zero attached hydrogens (tertiary/aromatic N) is 1. The molecule has 0 aliphatic heterocycles. The first-order valence-electron chi connectivity index (χ1n) is 7.08. The van der Waals surface area contributed by atoms with E-state index in [2.05, 4.69) is 22.5 Å². The van der Waals surface area contributed by atoms with E-state index in [0.717, 1.165) is 24.9 Å². The van der Waals surface area contributed by atoms with Crippen molar-refractivity contribution < 1.29 is 4.79 Å². The van der Waals surface area contributed by atoms with Crippen molar-refractivity contribution in [2.45, 2.75) is 52.1 Å². The maximum absolute atomic E-state index is 11.9. The van der Waals surface area contributed by atoms with E-state index in [9.17, 15) is 4.79 Å². The first-order valence-corrected chi connectivity index (χ1v) is 7.08. The minimum Gasteiger partial charge on any atom is -0.355 e. The number of hydrogen-bond donors (Lipinski definition) is 2. The van der Waals surface area contributed by atoms with Gasteiger partial charge in [-0.3, -0.25) is 15.1 Å². The summed E-state index contributed by atoms with van der Waals surface area (Å²) in [5.41, 5.74) is 1.09. The molecule has 0 spiro atoms. The van der Waals surface area contributed by atoms with Crippen LogP contribution < -0.4 is 10.6 Å². The van der Waals surface area contributed by atoms with Crippen LogP contribution in [0.1, 0.15) is 51.6 Å². The van der Waals surface area contributed by atoms with Crippen molar-refractivity contribution in [2.24, 2.45) is 0 Å². The van der Waals surface area contributed by atoms with E-state index in [0.29, 0.717) is 0 Å². The van der Waals surface area contributed by atoms with Gasteiger partial charge < -0.3 is 5.32 Å². The molecule has 0 bridgehead atoms. The van der Waals surface area contributed by atoms with Crippen molar-refractivity contribution in [3.8, 4) is 0 Å². The molecule has 0 saturated carbocycles. The van der Waals surface area contributed by atoms with Crippen molar-refractivity contribution in [1.82, 2.24) is 15.6 Å². The van der Waals surface area contributed by atoms with Crippen LogP contribution in [0.15, 0.2) is 24.5 Å². The van der Waals surface area contributed by atoms with Gasteiger partial charge in [0.05, 0.1) is 6.04 Å². The highest BCUT2D eigenvalue weighted by Crippen LogP contribution is 2.10. The number of aromatic nitrogens is 1. The minimum atomic E-state index is -0.197. The van der Waals surface area contributed by atoms with Gasteiger partial charge in [0, 0.05) is 25.0 Å². The van der Waals surface area contributed by atoms with Crippen LogP contribution in [0.3, 0.4) is 0 Å². The first kappa shape index (κ1) is 15.6. The zero-order chi connectivity index (χ0) is 14.1. The Hall–Kier alpha value is -1.42. The summed E-state index contributed by atoms with van der Waals surface area (Å²) in [4.78, 5) is 16.0. The molecule has 1 aromatic heterocycles. The van der Waals surface area contributed by atoms with Crippen molar-refractivity contribution in [3.05, 3.63) is 30.1 Å². The fraction of sp³-hybridized carbons (Fsp3) is 0.600. The molecular formula is C15H25N3O. The van der Waals surface area contributed by atoms with Gasteiger partial charge in [-0.15, -0.1) is 0 Å². The van der Waals surface area contributed by atoms with Crippen molar-refractivity contribution in [3.63, 3.8) is 0 Å². The lowest BCUT2D eigenvalue weighted by atomic mass is 10.1. The van der Waals surface area contributed by atoms with E-state index in [1.54, 1.807) is 6.20 Å². The summed E-state index contributed by atoms with van der Waals surface area (Å²) in [6, 6.07) is 3.83. The molecule has 0 saturated heterocycles. The highest BCUT2D eigenvalue weighted by atomic mass is 16.2. The Kier molecular flexibility index (Phi) is 7.11. The average Bonchev–Trinajstić information content (AvgIpc) is 2.44. The van der Waals surface area contributed by atoms with Crippen molar-refractivity contribution >= 4 is 5.91 Å². The maximum Gasteiger partial charge on any atom is 0.236 e. The van der Waals surface area contributed by atoms with E-state index >= 15 is 0 Å². The molecule has 0 aliphatic rings. The molecule has 106 valence electrons. The third kappa shape index (κ3) is 5.83. The van der Waals surface area contributed by atoms with Gasteiger partial charge in [0.2, 0.25) is 5.91 Å². The zero-order valence-corrected chi connectivity index (χ0v) is 12.1. The van der Waals surface area contributed by atoms with Crippen LogP contribution in [0.5, 0.6) is 0 Å². The van der Waals surface area contributed by atoms with Gasteiger partial charge >= 0.3 is 0 Å². The summed E-state index contributed by atoms with van der Waals surface area (Å²) in [5, 5.41) is 6.24. The second-order valence-electron chi connectivity index (χ2n) is 4.89. The van der Waals surface area contributed by atoms with Crippen molar-refractivity contribution in [2.75, 3.05) is 6.54 Å². The van der Waals surface area contributed by atoms with Crippen LogP contribution in [0.25, 0.3) is 0 Å². The highest BCUT2D eigenvalue weighted by molar-refractivity contribution is 5.81. The summed E-state index contributed by atoms with van der Waals surface area (Å²) in [7, 11) is 0. The van der Waals surface area contributed by atoms with E-state index in [1.165, 1.54) is 6.42 Å². The average molecular weight is 263 g/mol. The van der Waals surface area contributed by atoms with Crippen LogP contribution in [-0.4, -0.2) is 23.5 Å². The Morgan fingerprint density at radius 3 is 2.79 bits per heavy atom. The number of carbonyl (C=O) groups is 1. The number of amides is 1. The molecule has 0 aromatic carbocycles. The third-order valence-electron chi connectivity index (χ3n) is 3.16. The molecule has 4 heteroatoms. The number of carbonyl (C=O) groups excluding carboxylic acids is 1. The smallest absolute Gasteiger partial charge is 0.236 e. The molecule has 2 unspecified atom stereocenters. The van der Waals surface area contributed by atoms with Crippen LogP contribution in [0.2, 0.25) is 0 Å². The number of unbranched alkanes of at least 4 members (excludes halogenated alkanes) is 2. The van der Waals surface area contributed by atoms with Crippen LogP contribution >= 0.6 is 0 Å². The Balaban J connectivity index is 2.33. The largest absolute Gasteiger partial charge is 0.355 e. The Morgan fingerprint density at radius 2 is 2.16 bits per heavy atom. The third-order valence-corrected chi connectivity index (χ3v) is 3.16. The topological polar surface area (TPSA) is 54.0 Å². The van der Waals surface area contributed by atoms with Gasteiger partial charge in [0.1, 0.15) is 0 Å². The molecule has 1 rings (SSSR count). The predicted octanol–water partition coefficient (Wildman–Crippen LogP) is 2.43. The van der Waals surface area contributed by atoms with Gasteiger partial charge in [0.25, 0.3) is 0 Å². The molecule has 2 N–H and O–H groups in total. The predicted molar refractivity (Wildman–Crippen MR) is 77.8 cm³/mol. The van der Waals surface area contributed by atoms with E-state index in [-0.39, 0.29) is 18.0 Å². The lowest BCUT2D eigenvalue weighted by molar-refractivity contribution is -0.122. The van der Waals surface area contributed by atoms with Crippen LogP contribution in [0, 0.1) is 0 Å². The van der Waals surface area contributed by atoms with Gasteiger partial charge in [-0.25, -0.2) is 0 Å². The summed E-state index contributed by atoms with van der Waals surface area (Å²) in [6.45, 7) is 6.85. The number of hydrogen-bond acceptors (Lipinski definition) is 3. The fourth-order valence-electron chi connectivity index (χ4n) is 1.92. The molecule has 1 aromatic rings. The monoisotopic (exact) mass is 263 g/mol. The number of pyridine rings is 1. The normalized spacial score (nSPS) is 13.8. The quantitative estimate of drug-likeness (QED) is 0.708. The molecule has 4 nitrogen and oxygen atoms in total. The lowest BCUT2D eigenvalue weighted by Crippen LogP contribution is -2.43. The second kappa shape index (κ2) is 8.64. The lowest BCUT2D eigenvalue weighted by Gasteiger charge is -2.19. The Labute approximate surface area is 116 Å². The maximum atomic E-state index is 11.9. The first-order chi connectivity index (χ1) is 9.15. The zero-order valence-electron chi connectivity index (χ0n) is 12.1. The molecule has 1 amide bonds. The van der Waals surface area contributed by atoms with E-state index < -0.39 is 0 Å². The summed E-state index contributed by atoms with van der Waals surface area (Å²) in [6.07, 6.45) is 6.95. The minimum absolute atomic E-state index is 0.0619. The number of nitrogens with one attached hydrogen (secondary N) is 2. The highest BCUT2D eigenvalue weighted by Gasteiger charge is 2.15. The number of rotatable bonds is 8. The SMILES string of the molecule is CCCCCNC(=O)C(C)NC(C)c1cccnc1. The summed E-state index contributed by atoms with van der Waals surface area (Å²) in [5.74, 6) is 0.0619. The van der Waals surface area contributed by atoms with Gasteiger partial charge in [-0.1, -0.05) is 25.8 Å². The van der Waals surface area contributed by atoms with E-state index in [1.807, 2.05) is 32.2 Å². The van der Waals surface area contributed by atoms with Gasteiger partial charge in [0.15, 0.2) is 0 Å². The molecule has 1 heterocycles. The fourth-order valence-corrected chi connectivity index (χ4v) is 1.92. The standard InChI is InChI=1S/C15H25N3O/c1-4-5-6-10-17-15(19)13(3)18-12(2)14-8-7-9-16-11-14/h7-9,11-13,18H,4-6,10H2,1-3H3,(H,17,19). The Bertz CT molecular complexity index is 367. The molecule has 0 radical (unpaired) electrons. The summed E-state index contributed by atoms with van der Waals surface area (Å²) < 4.78 is 0. The van der Waals surface area contributed by atoms with E-state index in [4.69, 9.17) is 0 Å². The van der Waals surface area contributed by atoms with Crippen LogP contribution in [-0.2, 0) is 4.79 Å². The van der Waals surface area contributed by atoms with Gasteiger partial charge in [-0.2, -0.15) is 0 Å². The van der Waals surface area contributed by atoms with Crippen LogP contribution in [0.4, 0.5) is 0 Å².